The molecule has 0 aromatic carbocycles. The van der Waals surface area contributed by atoms with Crippen LogP contribution in [0.4, 0.5) is 0 Å². The molecule has 0 fully saturated rings. The molecule has 0 atom stereocenters. The van der Waals surface area contributed by atoms with E-state index in [0.717, 1.165) is 6.08 Å². The zero-order chi connectivity index (χ0) is 10.4. The highest BCUT2D eigenvalue weighted by Gasteiger charge is 2.01. The van der Waals surface area contributed by atoms with E-state index in [4.69, 9.17) is 5.11 Å². The van der Waals surface area contributed by atoms with Gasteiger partial charge in [-0.15, -0.1) is 0 Å². The molecule has 0 radical (unpaired) electrons. The number of hydrogen-bond acceptors (Lipinski definition) is 5. The van der Waals surface area contributed by atoms with Gasteiger partial charge in [-0.1, -0.05) is 0 Å². The molecule has 0 saturated heterocycles. The topological polar surface area (TPSA) is 89.4 Å². The Balaban J connectivity index is 2.54. The third-order valence-corrected chi connectivity index (χ3v) is 1.11. The molecule has 1 N–H and O–H groups in total. The van der Waals surface area contributed by atoms with Gasteiger partial charge in [0, 0.05) is 24.5 Å². The van der Waals surface area contributed by atoms with E-state index in [-0.39, 0.29) is 5.88 Å². The van der Waals surface area contributed by atoms with Gasteiger partial charge in [0.15, 0.2) is 0 Å². The maximum Gasteiger partial charge on any atom is 0.337 e. The summed E-state index contributed by atoms with van der Waals surface area (Å²) in [7, 11) is 0. The van der Waals surface area contributed by atoms with Gasteiger partial charge in [0.1, 0.15) is 0 Å². The molecular formula is C8H6N2O4. The van der Waals surface area contributed by atoms with E-state index in [9.17, 15) is 9.59 Å². The Kier molecular flexibility index (Phi) is 3.31. The minimum atomic E-state index is -1.22. The predicted molar refractivity (Wildman–Crippen MR) is 44.4 cm³/mol. The number of carboxylic acid groups (broad SMARTS) is 1. The SMILES string of the molecule is O=C(O)/C=C\C(=O)Oc1cnccn1. The Hall–Kier alpha value is -2.24. The highest BCUT2D eigenvalue weighted by atomic mass is 16.5. The van der Waals surface area contributed by atoms with Crippen molar-refractivity contribution >= 4 is 11.9 Å². The Labute approximate surface area is 78.9 Å². The first kappa shape index (κ1) is 9.85. The number of esters is 1. The minimum Gasteiger partial charge on any atom is -0.478 e. The van der Waals surface area contributed by atoms with Gasteiger partial charge in [0.05, 0.1) is 6.20 Å². The third-order valence-electron chi connectivity index (χ3n) is 1.11. The third kappa shape index (κ3) is 3.44. The van der Waals surface area contributed by atoms with Crippen LogP contribution in [0.5, 0.6) is 5.88 Å². The van der Waals surface area contributed by atoms with Crippen LogP contribution in [0.2, 0.25) is 0 Å². The number of aromatic nitrogens is 2. The van der Waals surface area contributed by atoms with Gasteiger partial charge in [-0.2, -0.15) is 0 Å². The van der Waals surface area contributed by atoms with Crippen LogP contribution < -0.4 is 4.74 Å². The molecule has 6 heteroatoms. The lowest BCUT2D eigenvalue weighted by Gasteiger charge is -1.96. The first-order valence-electron chi connectivity index (χ1n) is 3.57. The van der Waals surface area contributed by atoms with Crippen LogP contribution in [-0.4, -0.2) is 27.0 Å². The number of carboxylic acids is 1. The van der Waals surface area contributed by atoms with Crippen LogP contribution in [0.1, 0.15) is 0 Å². The number of hydrogen-bond donors (Lipinski definition) is 1. The Morgan fingerprint density at radius 3 is 2.71 bits per heavy atom. The number of aliphatic carboxylic acids is 1. The van der Waals surface area contributed by atoms with Crippen molar-refractivity contribution in [3.05, 3.63) is 30.7 Å². The highest BCUT2D eigenvalue weighted by molar-refractivity contribution is 5.91. The molecule has 1 rings (SSSR count). The van der Waals surface area contributed by atoms with Gasteiger partial charge in [-0.05, 0) is 0 Å². The fraction of sp³-hybridized carbons (Fsp3) is 0. The highest BCUT2D eigenvalue weighted by Crippen LogP contribution is 2.00. The first-order chi connectivity index (χ1) is 6.68. The van der Waals surface area contributed by atoms with Gasteiger partial charge >= 0.3 is 11.9 Å². The number of nitrogens with zero attached hydrogens (tertiary/aromatic N) is 2. The minimum absolute atomic E-state index is 0.0209. The van der Waals surface area contributed by atoms with Crippen molar-refractivity contribution in [2.24, 2.45) is 0 Å². The lowest BCUT2D eigenvalue weighted by molar-refractivity contribution is -0.133. The second-order valence-electron chi connectivity index (χ2n) is 2.14. The Morgan fingerprint density at radius 2 is 2.14 bits per heavy atom. The van der Waals surface area contributed by atoms with Crippen LogP contribution >= 0.6 is 0 Å². The maximum absolute atomic E-state index is 10.9. The molecule has 0 saturated carbocycles. The van der Waals surface area contributed by atoms with E-state index >= 15 is 0 Å². The van der Waals surface area contributed by atoms with Crippen molar-refractivity contribution in [3.8, 4) is 5.88 Å². The number of carbonyl (C=O) groups excluding carboxylic acids is 1. The summed E-state index contributed by atoms with van der Waals surface area (Å²) in [5, 5.41) is 8.21. The molecule has 0 unspecified atom stereocenters. The monoisotopic (exact) mass is 194 g/mol. The normalized spacial score (nSPS) is 10.0. The van der Waals surface area contributed by atoms with Crippen LogP contribution in [-0.2, 0) is 9.59 Å². The zero-order valence-corrected chi connectivity index (χ0v) is 6.95. The smallest absolute Gasteiger partial charge is 0.337 e. The van der Waals surface area contributed by atoms with Gasteiger partial charge < -0.3 is 9.84 Å². The summed E-state index contributed by atoms with van der Waals surface area (Å²) in [5.74, 6) is -2.01. The van der Waals surface area contributed by atoms with Crippen LogP contribution in [0.25, 0.3) is 0 Å². The van der Waals surface area contributed by atoms with E-state index in [0.29, 0.717) is 6.08 Å². The lowest BCUT2D eigenvalue weighted by Crippen LogP contribution is -2.06. The van der Waals surface area contributed by atoms with Crippen molar-refractivity contribution < 1.29 is 19.4 Å². The molecule has 0 aliphatic carbocycles. The standard InChI is InChI=1S/C8H6N2O4/c11-7(12)1-2-8(13)14-6-5-9-3-4-10-6/h1-5H,(H,11,12)/b2-1-. The van der Waals surface area contributed by atoms with Crippen molar-refractivity contribution in [1.82, 2.24) is 9.97 Å². The van der Waals surface area contributed by atoms with E-state index in [2.05, 4.69) is 14.7 Å². The van der Waals surface area contributed by atoms with Crippen LogP contribution in [0.15, 0.2) is 30.7 Å². The molecule has 0 amide bonds. The largest absolute Gasteiger partial charge is 0.478 e. The molecule has 0 bridgehead atoms. The van der Waals surface area contributed by atoms with Gasteiger partial charge in [0.25, 0.3) is 0 Å². The average molecular weight is 194 g/mol. The number of rotatable bonds is 3. The Morgan fingerprint density at radius 1 is 1.36 bits per heavy atom. The molecular weight excluding hydrogens is 188 g/mol. The maximum atomic E-state index is 10.9. The number of carbonyl (C=O) groups is 2. The molecule has 1 aromatic rings. The van der Waals surface area contributed by atoms with E-state index < -0.39 is 11.9 Å². The second kappa shape index (κ2) is 4.70. The van der Waals surface area contributed by atoms with Crippen LogP contribution in [0.3, 0.4) is 0 Å². The van der Waals surface area contributed by atoms with Crippen molar-refractivity contribution in [2.45, 2.75) is 0 Å². The van der Waals surface area contributed by atoms with Gasteiger partial charge in [0.2, 0.25) is 5.88 Å². The van der Waals surface area contributed by atoms with E-state index in [1.807, 2.05) is 0 Å². The van der Waals surface area contributed by atoms with Gasteiger partial charge in [-0.3, -0.25) is 4.98 Å². The fourth-order valence-corrected chi connectivity index (χ4v) is 0.615. The Bertz CT molecular complexity index is 361. The molecule has 72 valence electrons. The summed E-state index contributed by atoms with van der Waals surface area (Å²) in [6, 6.07) is 0. The van der Waals surface area contributed by atoms with Crippen molar-refractivity contribution in [3.63, 3.8) is 0 Å². The quantitative estimate of drug-likeness (QED) is 0.539. The molecule has 1 heterocycles. The summed E-state index contributed by atoms with van der Waals surface area (Å²) in [6.07, 6.45) is 5.48. The fourth-order valence-electron chi connectivity index (χ4n) is 0.615. The predicted octanol–water partition coefficient (Wildman–Crippen LogP) is 0.0228. The molecule has 1 aromatic heterocycles. The molecule has 14 heavy (non-hydrogen) atoms. The molecule has 0 spiro atoms. The van der Waals surface area contributed by atoms with Crippen LogP contribution in [0, 0.1) is 0 Å². The summed E-state index contributed by atoms with van der Waals surface area (Å²) < 4.78 is 4.60. The van der Waals surface area contributed by atoms with E-state index in [1.54, 1.807) is 0 Å². The molecule has 0 aliphatic rings. The summed E-state index contributed by atoms with van der Waals surface area (Å²) in [5.41, 5.74) is 0. The summed E-state index contributed by atoms with van der Waals surface area (Å²) >= 11 is 0. The molecule has 0 aliphatic heterocycles. The zero-order valence-electron chi connectivity index (χ0n) is 6.95. The average Bonchev–Trinajstić information content (AvgIpc) is 2.16. The number of ether oxygens (including phenoxy) is 1. The second-order valence-corrected chi connectivity index (χ2v) is 2.14. The summed E-state index contributed by atoms with van der Waals surface area (Å²) in [6.45, 7) is 0. The lowest BCUT2D eigenvalue weighted by atomic mass is 10.5. The van der Waals surface area contributed by atoms with Crippen molar-refractivity contribution in [2.75, 3.05) is 0 Å². The summed E-state index contributed by atoms with van der Waals surface area (Å²) in [4.78, 5) is 28.2. The first-order valence-corrected chi connectivity index (χ1v) is 3.57. The molecule has 6 nitrogen and oxygen atoms in total. The van der Waals surface area contributed by atoms with E-state index in [1.165, 1.54) is 18.6 Å². The van der Waals surface area contributed by atoms with Crippen molar-refractivity contribution in [1.29, 1.82) is 0 Å². The van der Waals surface area contributed by atoms with Gasteiger partial charge in [-0.25, -0.2) is 14.6 Å².